The van der Waals surface area contributed by atoms with Crippen molar-refractivity contribution in [3.63, 3.8) is 0 Å². The van der Waals surface area contributed by atoms with Crippen molar-refractivity contribution in [2.24, 2.45) is 0 Å². The number of benzene rings is 1. The zero-order valence-electron chi connectivity index (χ0n) is 10.8. The van der Waals surface area contributed by atoms with Crippen molar-refractivity contribution in [1.29, 1.82) is 0 Å². The van der Waals surface area contributed by atoms with Gasteiger partial charge in [0.2, 0.25) is 0 Å². The second kappa shape index (κ2) is 5.48. The minimum absolute atomic E-state index is 0.110. The molecular formula is C15H22N2. The molecule has 1 N–H and O–H groups in total. The molecular weight excluding hydrogens is 208 g/mol. The molecule has 1 aromatic rings. The molecule has 0 amide bonds. The van der Waals surface area contributed by atoms with Crippen molar-refractivity contribution in [3.8, 4) is 0 Å². The molecule has 1 unspecified atom stereocenters. The molecule has 17 heavy (non-hydrogen) atoms. The van der Waals surface area contributed by atoms with Gasteiger partial charge in [-0.25, -0.2) is 0 Å². The minimum atomic E-state index is 0.110. The molecule has 2 nitrogen and oxygen atoms in total. The van der Waals surface area contributed by atoms with Crippen LogP contribution in [0.3, 0.4) is 0 Å². The summed E-state index contributed by atoms with van der Waals surface area (Å²) in [6.07, 6.45) is 4.37. The van der Waals surface area contributed by atoms with Crippen LogP contribution in [0.1, 0.15) is 19.4 Å². The Kier molecular flexibility index (Phi) is 3.97. The molecule has 2 heteroatoms. The van der Waals surface area contributed by atoms with Crippen LogP contribution in [0.15, 0.2) is 42.5 Å². The molecule has 1 saturated heterocycles. The Morgan fingerprint density at radius 2 is 2.12 bits per heavy atom. The lowest BCUT2D eigenvalue weighted by Crippen LogP contribution is -2.57. The van der Waals surface area contributed by atoms with E-state index in [1.165, 1.54) is 5.56 Å². The summed E-state index contributed by atoms with van der Waals surface area (Å²) in [6, 6.07) is 10.8. The van der Waals surface area contributed by atoms with Crippen molar-refractivity contribution in [3.05, 3.63) is 48.0 Å². The standard InChI is InChI=1S/C15H22N2/c1-3-4-11-17-12-10-16-13-15(17,2)14-8-6-5-7-9-14/h3-9,16H,10-13H2,1-2H3/b4-3+. The first-order chi connectivity index (χ1) is 8.27. The smallest absolute Gasteiger partial charge is 0.0560 e. The first-order valence-corrected chi connectivity index (χ1v) is 6.40. The van der Waals surface area contributed by atoms with E-state index in [9.17, 15) is 0 Å². The number of nitrogens with zero attached hydrogens (tertiary/aromatic N) is 1. The van der Waals surface area contributed by atoms with Crippen molar-refractivity contribution in [2.45, 2.75) is 19.4 Å². The third kappa shape index (κ3) is 2.59. The predicted molar refractivity (Wildman–Crippen MR) is 73.1 cm³/mol. The van der Waals surface area contributed by atoms with Crippen molar-refractivity contribution < 1.29 is 0 Å². The van der Waals surface area contributed by atoms with Crippen molar-refractivity contribution >= 4 is 0 Å². The molecule has 92 valence electrons. The van der Waals surface area contributed by atoms with E-state index in [0.29, 0.717) is 0 Å². The Morgan fingerprint density at radius 3 is 2.82 bits per heavy atom. The van der Waals surface area contributed by atoms with E-state index in [-0.39, 0.29) is 5.54 Å². The maximum absolute atomic E-state index is 3.51. The normalized spacial score (nSPS) is 26.5. The van der Waals surface area contributed by atoms with E-state index in [2.05, 4.69) is 66.5 Å². The van der Waals surface area contributed by atoms with Crippen LogP contribution in [0.25, 0.3) is 0 Å². The van der Waals surface area contributed by atoms with Gasteiger partial charge in [0.05, 0.1) is 5.54 Å². The van der Waals surface area contributed by atoms with Gasteiger partial charge in [0.15, 0.2) is 0 Å². The molecule has 1 atom stereocenters. The highest BCUT2D eigenvalue weighted by atomic mass is 15.2. The highest BCUT2D eigenvalue weighted by Crippen LogP contribution is 2.29. The molecule has 0 radical (unpaired) electrons. The van der Waals surface area contributed by atoms with Crippen LogP contribution < -0.4 is 5.32 Å². The molecule has 0 saturated carbocycles. The van der Waals surface area contributed by atoms with E-state index in [1.807, 2.05) is 0 Å². The summed E-state index contributed by atoms with van der Waals surface area (Å²) >= 11 is 0. The summed E-state index contributed by atoms with van der Waals surface area (Å²) in [7, 11) is 0. The monoisotopic (exact) mass is 230 g/mol. The fourth-order valence-corrected chi connectivity index (χ4v) is 2.51. The Morgan fingerprint density at radius 1 is 1.35 bits per heavy atom. The molecule has 2 rings (SSSR count). The molecule has 0 bridgehead atoms. The lowest BCUT2D eigenvalue weighted by atomic mass is 9.88. The molecule has 0 spiro atoms. The van der Waals surface area contributed by atoms with Crippen molar-refractivity contribution in [2.75, 3.05) is 26.2 Å². The highest BCUT2D eigenvalue weighted by molar-refractivity contribution is 5.25. The number of hydrogen-bond donors (Lipinski definition) is 1. The molecule has 1 fully saturated rings. The van der Waals surface area contributed by atoms with Gasteiger partial charge in [0.25, 0.3) is 0 Å². The Balaban J connectivity index is 2.24. The fraction of sp³-hybridized carbons (Fsp3) is 0.467. The number of piperazine rings is 1. The Bertz CT molecular complexity index is 372. The molecule has 1 aliphatic rings. The Hall–Kier alpha value is -1.12. The largest absolute Gasteiger partial charge is 0.313 e. The van der Waals surface area contributed by atoms with Gasteiger partial charge in [0.1, 0.15) is 0 Å². The van der Waals surface area contributed by atoms with Crippen LogP contribution >= 0.6 is 0 Å². The topological polar surface area (TPSA) is 15.3 Å². The van der Waals surface area contributed by atoms with E-state index < -0.39 is 0 Å². The van der Waals surface area contributed by atoms with E-state index in [0.717, 1.165) is 26.2 Å². The van der Waals surface area contributed by atoms with E-state index in [4.69, 9.17) is 0 Å². The molecule has 1 heterocycles. The second-order valence-corrected chi connectivity index (χ2v) is 4.83. The number of allylic oxidation sites excluding steroid dienone is 1. The molecule has 0 aliphatic carbocycles. The average molecular weight is 230 g/mol. The van der Waals surface area contributed by atoms with Crippen LogP contribution in [-0.4, -0.2) is 31.1 Å². The van der Waals surface area contributed by atoms with Crippen molar-refractivity contribution in [1.82, 2.24) is 10.2 Å². The summed E-state index contributed by atoms with van der Waals surface area (Å²) in [5, 5.41) is 3.51. The zero-order valence-corrected chi connectivity index (χ0v) is 10.8. The van der Waals surface area contributed by atoms with Gasteiger partial charge < -0.3 is 5.32 Å². The van der Waals surface area contributed by atoms with Gasteiger partial charge in [-0.05, 0) is 19.4 Å². The molecule has 1 aromatic carbocycles. The van der Waals surface area contributed by atoms with Gasteiger partial charge >= 0.3 is 0 Å². The van der Waals surface area contributed by atoms with Crippen LogP contribution in [0.2, 0.25) is 0 Å². The fourth-order valence-electron chi connectivity index (χ4n) is 2.51. The van der Waals surface area contributed by atoms with Crippen LogP contribution in [-0.2, 0) is 5.54 Å². The predicted octanol–water partition coefficient (Wildman–Crippen LogP) is 2.38. The number of rotatable bonds is 3. The third-order valence-electron chi connectivity index (χ3n) is 3.68. The third-order valence-corrected chi connectivity index (χ3v) is 3.68. The van der Waals surface area contributed by atoms with Crippen LogP contribution in [0, 0.1) is 0 Å². The van der Waals surface area contributed by atoms with Gasteiger partial charge in [-0.1, -0.05) is 42.5 Å². The summed E-state index contributed by atoms with van der Waals surface area (Å²) < 4.78 is 0. The Labute approximate surface area is 104 Å². The minimum Gasteiger partial charge on any atom is -0.313 e. The zero-order chi connectivity index (χ0) is 12.1. The summed E-state index contributed by atoms with van der Waals surface area (Å²) in [5.41, 5.74) is 1.51. The first-order valence-electron chi connectivity index (χ1n) is 6.40. The SMILES string of the molecule is C/C=C/CN1CCNCC1(C)c1ccccc1. The second-order valence-electron chi connectivity index (χ2n) is 4.83. The quantitative estimate of drug-likeness (QED) is 0.802. The molecule has 1 aliphatic heterocycles. The first kappa shape index (κ1) is 12.3. The summed E-state index contributed by atoms with van der Waals surface area (Å²) in [4.78, 5) is 2.55. The average Bonchev–Trinajstić information content (AvgIpc) is 2.39. The van der Waals surface area contributed by atoms with Gasteiger partial charge in [-0.3, -0.25) is 4.90 Å². The number of hydrogen-bond acceptors (Lipinski definition) is 2. The van der Waals surface area contributed by atoms with Gasteiger partial charge in [0, 0.05) is 26.2 Å². The van der Waals surface area contributed by atoms with Crippen LogP contribution in [0.4, 0.5) is 0 Å². The summed E-state index contributed by atoms with van der Waals surface area (Å²) in [6.45, 7) is 8.66. The van der Waals surface area contributed by atoms with Crippen LogP contribution in [0.5, 0.6) is 0 Å². The maximum Gasteiger partial charge on any atom is 0.0560 e. The molecule has 0 aromatic heterocycles. The number of nitrogens with one attached hydrogen (secondary N) is 1. The van der Waals surface area contributed by atoms with Gasteiger partial charge in [-0.2, -0.15) is 0 Å². The maximum atomic E-state index is 3.51. The van der Waals surface area contributed by atoms with Gasteiger partial charge in [-0.15, -0.1) is 0 Å². The highest BCUT2D eigenvalue weighted by Gasteiger charge is 2.34. The lowest BCUT2D eigenvalue weighted by Gasteiger charge is -2.45. The lowest BCUT2D eigenvalue weighted by molar-refractivity contribution is 0.0864. The summed E-state index contributed by atoms with van der Waals surface area (Å²) in [5.74, 6) is 0. The van der Waals surface area contributed by atoms with E-state index in [1.54, 1.807) is 0 Å². The van der Waals surface area contributed by atoms with E-state index >= 15 is 0 Å².